The van der Waals surface area contributed by atoms with Gasteiger partial charge in [0.15, 0.2) is 0 Å². The molecule has 162 valence electrons. The van der Waals surface area contributed by atoms with E-state index >= 15 is 0 Å². The Kier molecular flexibility index (Phi) is 6.94. The minimum absolute atomic E-state index is 0.0183. The zero-order valence-corrected chi connectivity index (χ0v) is 18.9. The summed E-state index contributed by atoms with van der Waals surface area (Å²) in [7, 11) is 1.61. The lowest BCUT2D eigenvalue weighted by atomic mass is 9.93. The quantitative estimate of drug-likeness (QED) is 0.742. The summed E-state index contributed by atoms with van der Waals surface area (Å²) >= 11 is 6.22. The van der Waals surface area contributed by atoms with E-state index in [0.29, 0.717) is 24.5 Å². The number of nitrogens with zero attached hydrogens (tertiary/aromatic N) is 1. The normalized spacial score (nSPS) is 18.9. The van der Waals surface area contributed by atoms with Crippen molar-refractivity contribution in [1.82, 2.24) is 4.90 Å². The summed E-state index contributed by atoms with van der Waals surface area (Å²) in [6, 6.07) is 9.56. The molecule has 0 spiro atoms. The van der Waals surface area contributed by atoms with Gasteiger partial charge in [-0.25, -0.2) is 0 Å². The molecule has 0 aromatic heterocycles. The van der Waals surface area contributed by atoms with E-state index in [9.17, 15) is 9.90 Å². The molecule has 1 aliphatic rings. The van der Waals surface area contributed by atoms with E-state index in [1.165, 1.54) is 0 Å². The molecule has 0 bridgehead atoms. The van der Waals surface area contributed by atoms with Crippen LogP contribution in [0.2, 0.25) is 5.02 Å². The van der Waals surface area contributed by atoms with Gasteiger partial charge in [-0.2, -0.15) is 0 Å². The summed E-state index contributed by atoms with van der Waals surface area (Å²) in [6.45, 7) is 6.87. The Morgan fingerprint density at radius 2 is 1.90 bits per heavy atom. The van der Waals surface area contributed by atoms with Crippen molar-refractivity contribution >= 4 is 17.5 Å². The molecule has 2 aromatic carbocycles. The molecule has 1 saturated heterocycles. The molecule has 0 aliphatic carbocycles. The summed E-state index contributed by atoms with van der Waals surface area (Å²) in [5.74, 6) is 1.36. The summed E-state index contributed by atoms with van der Waals surface area (Å²) in [5, 5.41) is 11.8. The molecule has 1 unspecified atom stereocenters. The molecule has 5 nitrogen and oxygen atoms in total. The lowest BCUT2D eigenvalue weighted by Gasteiger charge is -2.39. The van der Waals surface area contributed by atoms with Gasteiger partial charge in [-0.05, 0) is 62.9 Å². The molecule has 30 heavy (non-hydrogen) atoms. The number of carbonyl (C=O) groups is 1. The van der Waals surface area contributed by atoms with E-state index in [2.05, 4.69) is 0 Å². The maximum atomic E-state index is 12.9. The molecule has 6 heteroatoms. The average molecular weight is 432 g/mol. The summed E-state index contributed by atoms with van der Waals surface area (Å²) < 4.78 is 11.3. The largest absolute Gasteiger partial charge is 0.496 e. The Labute approximate surface area is 183 Å². The van der Waals surface area contributed by atoms with Crippen LogP contribution in [-0.2, 0) is 11.2 Å². The van der Waals surface area contributed by atoms with Gasteiger partial charge in [0.25, 0.3) is 0 Å². The number of methoxy groups -OCH3 is 1. The van der Waals surface area contributed by atoms with Gasteiger partial charge in [0, 0.05) is 17.1 Å². The third kappa shape index (κ3) is 5.27. The van der Waals surface area contributed by atoms with E-state index in [0.717, 1.165) is 33.7 Å². The van der Waals surface area contributed by atoms with E-state index in [-0.39, 0.29) is 25.5 Å². The predicted octanol–water partition coefficient (Wildman–Crippen LogP) is 4.25. The second-order valence-corrected chi connectivity index (χ2v) is 8.67. The minimum Gasteiger partial charge on any atom is -0.496 e. The van der Waals surface area contributed by atoms with Gasteiger partial charge >= 0.3 is 0 Å². The number of halogens is 1. The highest BCUT2D eigenvalue weighted by molar-refractivity contribution is 6.32. The third-order valence-electron chi connectivity index (χ3n) is 5.60. The van der Waals surface area contributed by atoms with Crippen molar-refractivity contribution in [2.45, 2.75) is 45.6 Å². The first-order chi connectivity index (χ1) is 14.2. The van der Waals surface area contributed by atoms with Crippen LogP contribution in [0.3, 0.4) is 0 Å². The van der Waals surface area contributed by atoms with Crippen molar-refractivity contribution in [2.75, 3.05) is 26.8 Å². The molecule has 1 fully saturated rings. The number of hydrogen-bond acceptors (Lipinski definition) is 4. The molecular weight excluding hydrogens is 402 g/mol. The van der Waals surface area contributed by atoms with Crippen molar-refractivity contribution in [3.05, 3.63) is 57.6 Å². The molecule has 3 rings (SSSR count). The number of carbonyl (C=O) groups excluding carboxylic acids is 1. The zero-order valence-electron chi connectivity index (χ0n) is 18.1. The monoisotopic (exact) mass is 431 g/mol. The van der Waals surface area contributed by atoms with E-state index < -0.39 is 5.60 Å². The molecular formula is C24H30ClNO4. The maximum absolute atomic E-state index is 12.9. The number of aliphatic hydroxyl groups is 1. The summed E-state index contributed by atoms with van der Waals surface area (Å²) in [5.41, 5.74) is 2.74. The molecule has 1 atom stereocenters. The number of piperidine rings is 1. The second kappa shape index (κ2) is 9.27. The number of amides is 1. The Hall–Kier alpha value is -2.24. The van der Waals surface area contributed by atoms with Crippen LogP contribution in [0.1, 0.15) is 35.1 Å². The molecule has 0 radical (unpaired) electrons. The number of hydrogen-bond donors (Lipinski definition) is 1. The van der Waals surface area contributed by atoms with Crippen molar-refractivity contribution in [2.24, 2.45) is 0 Å². The number of ether oxygens (including phenoxy) is 2. The van der Waals surface area contributed by atoms with E-state index in [1.807, 2.05) is 51.1 Å². The predicted molar refractivity (Wildman–Crippen MR) is 119 cm³/mol. The van der Waals surface area contributed by atoms with Gasteiger partial charge in [-0.3, -0.25) is 4.79 Å². The van der Waals surface area contributed by atoms with Crippen molar-refractivity contribution in [3.8, 4) is 11.5 Å². The SMILES string of the molecule is COc1ccc(C)cc1CC(=O)N1CCCC(O)(COc2cc(C)c(Cl)c(C)c2)C1. The van der Waals surface area contributed by atoms with Crippen LogP contribution >= 0.6 is 11.6 Å². The van der Waals surface area contributed by atoms with Gasteiger partial charge in [-0.1, -0.05) is 29.3 Å². The highest BCUT2D eigenvalue weighted by Crippen LogP contribution is 2.29. The van der Waals surface area contributed by atoms with Crippen LogP contribution in [-0.4, -0.2) is 48.3 Å². The van der Waals surface area contributed by atoms with Crippen molar-refractivity contribution < 1.29 is 19.4 Å². The van der Waals surface area contributed by atoms with Crippen molar-refractivity contribution in [3.63, 3.8) is 0 Å². The standard InChI is InChI=1S/C24H30ClNO4/c1-16-6-7-21(29-4)19(10-16)13-22(27)26-9-5-8-24(28,14-26)15-30-20-11-17(2)23(25)18(3)12-20/h6-7,10-12,28H,5,8-9,13-15H2,1-4H3. The van der Waals surface area contributed by atoms with Crippen LogP contribution in [0.25, 0.3) is 0 Å². The van der Waals surface area contributed by atoms with Crippen LogP contribution in [0.5, 0.6) is 11.5 Å². The molecule has 0 saturated carbocycles. The summed E-state index contributed by atoms with van der Waals surface area (Å²) in [6.07, 6.45) is 1.57. The number of aryl methyl sites for hydroxylation is 3. The number of benzene rings is 2. The fourth-order valence-corrected chi connectivity index (χ4v) is 4.08. The molecule has 1 aliphatic heterocycles. The molecule has 1 heterocycles. The fourth-order valence-electron chi connectivity index (χ4n) is 3.97. The molecule has 2 aromatic rings. The Morgan fingerprint density at radius 1 is 1.20 bits per heavy atom. The van der Waals surface area contributed by atoms with Crippen LogP contribution < -0.4 is 9.47 Å². The van der Waals surface area contributed by atoms with E-state index in [4.69, 9.17) is 21.1 Å². The van der Waals surface area contributed by atoms with Gasteiger partial charge in [0.05, 0.1) is 20.1 Å². The first kappa shape index (κ1) is 22.4. The lowest BCUT2D eigenvalue weighted by molar-refractivity contribution is -0.139. The second-order valence-electron chi connectivity index (χ2n) is 8.29. The highest BCUT2D eigenvalue weighted by atomic mass is 35.5. The minimum atomic E-state index is -1.08. The van der Waals surface area contributed by atoms with Gasteiger partial charge in [0.1, 0.15) is 23.7 Å². The zero-order chi connectivity index (χ0) is 21.9. The first-order valence-corrected chi connectivity index (χ1v) is 10.6. The Balaban J connectivity index is 1.65. The number of likely N-dealkylation sites (tertiary alicyclic amines) is 1. The summed E-state index contributed by atoms with van der Waals surface area (Å²) in [4.78, 5) is 14.7. The number of rotatable bonds is 6. The number of β-amino-alcohol motifs (C(OH)–C–C–N with tert-alkyl or cyclic N) is 1. The molecule has 1 amide bonds. The lowest BCUT2D eigenvalue weighted by Crippen LogP contribution is -2.53. The van der Waals surface area contributed by atoms with Crippen LogP contribution in [0, 0.1) is 20.8 Å². The fraction of sp³-hybridized carbons (Fsp3) is 0.458. The maximum Gasteiger partial charge on any atom is 0.227 e. The topological polar surface area (TPSA) is 59.0 Å². The highest BCUT2D eigenvalue weighted by Gasteiger charge is 2.36. The first-order valence-electron chi connectivity index (χ1n) is 10.2. The Morgan fingerprint density at radius 3 is 2.57 bits per heavy atom. The molecule has 1 N–H and O–H groups in total. The Bertz CT molecular complexity index is 906. The van der Waals surface area contributed by atoms with Gasteiger partial charge in [0.2, 0.25) is 5.91 Å². The van der Waals surface area contributed by atoms with Crippen LogP contribution in [0.15, 0.2) is 30.3 Å². The average Bonchev–Trinajstić information content (AvgIpc) is 2.70. The third-order valence-corrected chi connectivity index (χ3v) is 6.20. The van der Waals surface area contributed by atoms with Gasteiger partial charge < -0.3 is 19.5 Å². The van der Waals surface area contributed by atoms with Crippen molar-refractivity contribution in [1.29, 1.82) is 0 Å². The van der Waals surface area contributed by atoms with Crippen LogP contribution in [0.4, 0.5) is 0 Å². The van der Waals surface area contributed by atoms with E-state index in [1.54, 1.807) is 12.0 Å². The smallest absolute Gasteiger partial charge is 0.227 e. The van der Waals surface area contributed by atoms with Gasteiger partial charge in [-0.15, -0.1) is 0 Å².